The number of halogens is 3. The van der Waals surface area contributed by atoms with Crippen LogP contribution < -0.4 is 4.90 Å². The summed E-state index contributed by atoms with van der Waals surface area (Å²) in [6, 6.07) is 4.68. The molecule has 2 fully saturated rings. The van der Waals surface area contributed by atoms with Crippen molar-refractivity contribution in [3.63, 3.8) is 0 Å². The zero-order chi connectivity index (χ0) is 27.8. The molecule has 9 nitrogen and oxygen atoms in total. The van der Waals surface area contributed by atoms with Gasteiger partial charge in [-0.15, -0.1) is 0 Å². The number of rotatable bonds is 8. The molecule has 3 rings (SSSR count). The van der Waals surface area contributed by atoms with Gasteiger partial charge in [-0.05, 0) is 63.7 Å². The van der Waals surface area contributed by atoms with E-state index in [4.69, 9.17) is 17.5 Å². The van der Waals surface area contributed by atoms with Gasteiger partial charge in [0.25, 0.3) is 16.1 Å². The maximum atomic E-state index is 13.5. The first-order valence-corrected chi connectivity index (χ1v) is 13.6. The van der Waals surface area contributed by atoms with Crippen LogP contribution in [0.2, 0.25) is 0 Å². The summed E-state index contributed by atoms with van der Waals surface area (Å²) in [7, 11) is -0.406. The number of benzene rings is 1. The lowest BCUT2D eigenvalue weighted by Crippen LogP contribution is -2.51. The minimum Gasteiger partial charge on any atom is -0.334 e. The van der Waals surface area contributed by atoms with Crippen molar-refractivity contribution < 1.29 is 26.4 Å². The number of piperazine rings is 1. The molecule has 0 aliphatic carbocycles. The number of hydrogen-bond donors (Lipinski definition) is 0. The van der Waals surface area contributed by atoms with Crippen molar-refractivity contribution in [1.82, 2.24) is 18.4 Å². The molecule has 0 atom stereocenters. The van der Waals surface area contributed by atoms with Gasteiger partial charge in [-0.25, -0.2) is 0 Å². The number of nitriles is 1. The van der Waals surface area contributed by atoms with Crippen LogP contribution in [0.3, 0.4) is 0 Å². The standard InChI is InChI=1S/C23H31F3N6O3S2/c1-22(2)20(33)32(18-8-7-17(16-27)19(15-18)23(24,25)26)21(36)31(22)10-6-5-9-29-11-13-30(14-12-29)37(34,35)28(3)4/h7-8,15H,5-6,9-14H2,1-4H3. The predicted molar refractivity (Wildman–Crippen MR) is 137 cm³/mol. The molecule has 0 N–H and O–H groups in total. The second-order valence-corrected chi connectivity index (χ2v) is 12.2. The molecule has 14 heteroatoms. The van der Waals surface area contributed by atoms with E-state index in [0.29, 0.717) is 39.1 Å². The number of carbonyl (C=O) groups is 1. The maximum absolute atomic E-state index is 13.5. The van der Waals surface area contributed by atoms with Gasteiger partial charge in [0.1, 0.15) is 5.54 Å². The van der Waals surface area contributed by atoms with Crippen LogP contribution in [0.1, 0.15) is 37.8 Å². The second kappa shape index (κ2) is 10.8. The van der Waals surface area contributed by atoms with Crippen molar-refractivity contribution in [2.75, 3.05) is 58.3 Å². The number of anilines is 1. The molecule has 0 spiro atoms. The van der Waals surface area contributed by atoms with E-state index in [1.165, 1.54) is 34.8 Å². The lowest BCUT2D eigenvalue weighted by molar-refractivity contribution is -0.137. The van der Waals surface area contributed by atoms with Gasteiger partial charge in [-0.1, -0.05) is 0 Å². The number of carbonyl (C=O) groups excluding carboxylic acids is 1. The SMILES string of the molecule is CN(C)S(=O)(=O)N1CCN(CCCCN2C(=S)N(c3ccc(C#N)c(C(F)(F)F)c3)C(=O)C2(C)C)CC1. The number of thiocarbonyl (C=S) groups is 1. The number of hydrogen-bond acceptors (Lipinski definition) is 6. The number of nitrogens with zero attached hydrogens (tertiary/aromatic N) is 6. The van der Waals surface area contributed by atoms with Crippen molar-refractivity contribution in [3.8, 4) is 6.07 Å². The molecule has 0 aromatic heterocycles. The fourth-order valence-corrected chi connectivity index (χ4v) is 6.06. The fraction of sp³-hybridized carbons (Fsp3) is 0.609. The monoisotopic (exact) mass is 560 g/mol. The van der Waals surface area contributed by atoms with Gasteiger partial charge in [-0.3, -0.25) is 9.69 Å². The first-order chi connectivity index (χ1) is 17.1. The molecule has 1 aromatic carbocycles. The molecule has 0 bridgehead atoms. The Hall–Kier alpha value is -2.31. The van der Waals surface area contributed by atoms with Crippen LogP contribution in [-0.4, -0.2) is 96.8 Å². The van der Waals surface area contributed by atoms with Gasteiger partial charge in [-0.2, -0.15) is 35.5 Å². The minimum absolute atomic E-state index is 0.0255. The van der Waals surface area contributed by atoms with Crippen molar-refractivity contribution >= 4 is 39.1 Å². The van der Waals surface area contributed by atoms with E-state index in [2.05, 4.69) is 4.90 Å². The normalized spacial score (nSPS) is 19.6. The Bertz CT molecular complexity index is 1190. The Morgan fingerprint density at radius 1 is 1.11 bits per heavy atom. The smallest absolute Gasteiger partial charge is 0.334 e. The summed E-state index contributed by atoms with van der Waals surface area (Å²) in [6.45, 7) is 6.61. The summed E-state index contributed by atoms with van der Waals surface area (Å²) >= 11 is 5.52. The van der Waals surface area contributed by atoms with Gasteiger partial charge >= 0.3 is 6.18 Å². The van der Waals surface area contributed by atoms with Crippen LogP contribution in [0.4, 0.5) is 18.9 Å². The quantitative estimate of drug-likeness (QED) is 0.357. The van der Waals surface area contributed by atoms with Crippen LogP contribution in [0, 0.1) is 11.3 Å². The maximum Gasteiger partial charge on any atom is 0.417 e. The highest BCUT2D eigenvalue weighted by Gasteiger charge is 2.49. The van der Waals surface area contributed by atoms with Crippen LogP contribution in [0.25, 0.3) is 0 Å². The van der Waals surface area contributed by atoms with Gasteiger partial charge < -0.3 is 9.80 Å². The molecule has 0 radical (unpaired) electrons. The summed E-state index contributed by atoms with van der Waals surface area (Å²) in [4.78, 5) is 18.2. The van der Waals surface area contributed by atoms with E-state index < -0.39 is 39.0 Å². The zero-order valence-corrected chi connectivity index (χ0v) is 22.9. The average molecular weight is 561 g/mol. The molecule has 37 heavy (non-hydrogen) atoms. The summed E-state index contributed by atoms with van der Waals surface area (Å²) in [5.41, 5.74) is -2.71. The molecule has 1 aromatic rings. The van der Waals surface area contributed by atoms with Crippen LogP contribution in [-0.2, 0) is 21.2 Å². The molecule has 2 heterocycles. The molecular weight excluding hydrogens is 529 g/mol. The van der Waals surface area contributed by atoms with Crippen molar-refractivity contribution in [3.05, 3.63) is 29.3 Å². The average Bonchev–Trinajstić information content (AvgIpc) is 2.99. The van der Waals surface area contributed by atoms with Gasteiger partial charge in [0, 0.05) is 46.8 Å². The minimum atomic E-state index is -4.75. The summed E-state index contributed by atoms with van der Waals surface area (Å²) in [5, 5.41) is 9.17. The number of unbranched alkanes of at least 4 members (excludes halogenated alkanes) is 1. The van der Waals surface area contributed by atoms with Crippen molar-refractivity contribution in [2.24, 2.45) is 0 Å². The highest BCUT2D eigenvalue weighted by molar-refractivity contribution is 7.86. The molecule has 1 amide bonds. The second-order valence-electron chi connectivity index (χ2n) is 9.71. The third kappa shape index (κ3) is 5.91. The first kappa shape index (κ1) is 29.2. The van der Waals surface area contributed by atoms with E-state index in [9.17, 15) is 26.4 Å². The largest absolute Gasteiger partial charge is 0.417 e. The molecule has 2 aliphatic heterocycles. The van der Waals surface area contributed by atoms with Crippen molar-refractivity contribution in [2.45, 2.75) is 38.4 Å². The van der Waals surface area contributed by atoms with E-state index in [1.807, 2.05) is 0 Å². The lowest BCUT2D eigenvalue weighted by Gasteiger charge is -2.35. The Balaban J connectivity index is 1.61. The zero-order valence-electron chi connectivity index (χ0n) is 21.2. The highest BCUT2D eigenvalue weighted by Crippen LogP contribution is 2.38. The number of alkyl halides is 3. The molecule has 0 saturated carbocycles. The topological polar surface area (TPSA) is 91.2 Å². The summed E-state index contributed by atoms with van der Waals surface area (Å²) in [5.74, 6) is -0.437. The lowest BCUT2D eigenvalue weighted by atomic mass is 10.0. The third-order valence-corrected chi connectivity index (χ3v) is 9.08. The summed E-state index contributed by atoms with van der Waals surface area (Å²) < 4.78 is 67.6. The van der Waals surface area contributed by atoms with E-state index in [1.54, 1.807) is 18.7 Å². The molecule has 204 valence electrons. The Labute approximate surface area is 221 Å². The van der Waals surface area contributed by atoms with Crippen LogP contribution in [0.15, 0.2) is 18.2 Å². The van der Waals surface area contributed by atoms with E-state index in [0.717, 1.165) is 30.0 Å². The Morgan fingerprint density at radius 2 is 1.70 bits per heavy atom. The molecule has 2 saturated heterocycles. The fourth-order valence-electron chi connectivity index (χ4n) is 4.46. The van der Waals surface area contributed by atoms with Gasteiger partial charge in [0.15, 0.2) is 5.11 Å². The highest BCUT2D eigenvalue weighted by atomic mass is 32.2. The van der Waals surface area contributed by atoms with Gasteiger partial charge in [0.2, 0.25) is 0 Å². The Morgan fingerprint density at radius 3 is 2.24 bits per heavy atom. The first-order valence-electron chi connectivity index (χ1n) is 11.8. The third-order valence-electron chi connectivity index (χ3n) is 6.74. The molecule has 0 unspecified atom stereocenters. The van der Waals surface area contributed by atoms with Gasteiger partial charge in [0.05, 0.1) is 22.9 Å². The predicted octanol–water partition coefficient (Wildman–Crippen LogP) is 2.49. The summed E-state index contributed by atoms with van der Waals surface area (Å²) in [6.07, 6.45) is -3.29. The van der Waals surface area contributed by atoms with Crippen LogP contribution >= 0.6 is 12.2 Å². The van der Waals surface area contributed by atoms with E-state index in [-0.39, 0.29) is 10.8 Å². The van der Waals surface area contributed by atoms with E-state index >= 15 is 0 Å². The Kier molecular flexibility index (Phi) is 8.55. The number of amides is 1. The molecule has 2 aliphatic rings. The van der Waals surface area contributed by atoms with Crippen LogP contribution in [0.5, 0.6) is 0 Å². The van der Waals surface area contributed by atoms with Crippen molar-refractivity contribution in [1.29, 1.82) is 5.26 Å². The molecular formula is C23H31F3N6O3S2.